The first-order chi connectivity index (χ1) is 4.27. The van der Waals surface area contributed by atoms with Gasteiger partial charge in [-0.2, -0.15) is 0 Å². The van der Waals surface area contributed by atoms with Crippen molar-refractivity contribution in [1.29, 1.82) is 0 Å². The Morgan fingerprint density at radius 1 is 1.56 bits per heavy atom. The van der Waals surface area contributed by atoms with E-state index in [1.165, 1.54) is 0 Å². The predicted octanol–water partition coefficient (Wildman–Crippen LogP) is -0.815. The second-order valence-corrected chi connectivity index (χ2v) is 1.64. The van der Waals surface area contributed by atoms with Crippen LogP contribution in [-0.2, 0) is 9.53 Å². The molecule has 1 amide bonds. The van der Waals surface area contributed by atoms with E-state index in [-0.39, 0.29) is 12.6 Å². The largest absolute Gasteiger partial charge is 0.370 e. The Balaban J connectivity index is 2.83. The standard InChI is InChI=1S/C5H12N2O2/c6-4-9-3-1-2-5(7)8/h1-4,6H2,(H2,7,8). The van der Waals surface area contributed by atoms with Gasteiger partial charge >= 0.3 is 0 Å². The summed E-state index contributed by atoms with van der Waals surface area (Å²) in [6.45, 7) is 0.720. The van der Waals surface area contributed by atoms with Gasteiger partial charge in [0, 0.05) is 13.0 Å². The lowest BCUT2D eigenvalue weighted by Crippen LogP contribution is -2.12. The lowest BCUT2D eigenvalue weighted by Gasteiger charge is -1.96. The normalized spacial score (nSPS) is 9.44. The van der Waals surface area contributed by atoms with Gasteiger partial charge in [-0.3, -0.25) is 4.79 Å². The number of amides is 1. The number of nitrogens with two attached hydrogens (primary N) is 2. The number of hydrogen-bond donors (Lipinski definition) is 2. The van der Waals surface area contributed by atoms with Crippen molar-refractivity contribution in [2.45, 2.75) is 12.8 Å². The summed E-state index contributed by atoms with van der Waals surface area (Å²) in [4.78, 5) is 10.1. The summed E-state index contributed by atoms with van der Waals surface area (Å²) in [7, 11) is 0. The van der Waals surface area contributed by atoms with Crippen LogP contribution in [0.25, 0.3) is 0 Å². The fourth-order valence-corrected chi connectivity index (χ4v) is 0.432. The van der Waals surface area contributed by atoms with Crippen LogP contribution >= 0.6 is 0 Å². The van der Waals surface area contributed by atoms with E-state index in [2.05, 4.69) is 0 Å². The Hall–Kier alpha value is -0.610. The molecule has 0 heterocycles. The summed E-state index contributed by atoms with van der Waals surface area (Å²) in [6, 6.07) is 0. The number of carbonyl (C=O) groups is 1. The Morgan fingerprint density at radius 3 is 2.67 bits per heavy atom. The van der Waals surface area contributed by atoms with E-state index in [1.807, 2.05) is 0 Å². The van der Waals surface area contributed by atoms with E-state index in [4.69, 9.17) is 16.2 Å². The molecule has 0 rings (SSSR count). The third-order valence-corrected chi connectivity index (χ3v) is 0.830. The molecule has 4 nitrogen and oxygen atoms in total. The lowest BCUT2D eigenvalue weighted by molar-refractivity contribution is -0.118. The molecular formula is C5H12N2O2. The first-order valence-corrected chi connectivity index (χ1v) is 2.83. The van der Waals surface area contributed by atoms with Crippen LogP contribution in [0.2, 0.25) is 0 Å². The maximum absolute atomic E-state index is 10.1. The van der Waals surface area contributed by atoms with Crippen LogP contribution in [0.3, 0.4) is 0 Å². The van der Waals surface area contributed by atoms with Gasteiger partial charge < -0.3 is 16.2 Å². The summed E-state index contributed by atoms with van der Waals surface area (Å²) in [5, 5.41) is 0. The van der Waals surface area contributed by atoms with Gasteiger partial charge in [-0.15, -0.1) is 0 Å². The second kappa shape index (κ2) is 5.53. The van der Waals surface area contributed by atoms with Crippen molar-refractivity contribution in [1.82, 2.24) is 0 Å². The second-order valence-electron chi connectivity index (χ2n) is 1.64. The third-order valence-electron chi connectivity index (χ3n) is 0.830. The molecule has 0 aliphatic rings. The molecule has 0 atom stereocenters. The Kier molecular flexibility index (Phi) is 5.15. The van der Waals surface area contributed by atoms with Gasteiger partial charge in [0.15, 0.2) is 0 Å². The van der Waals surface area contributed by atoms with Crippen molar-refractivity contribution in [2.75, 3.05) is 13.3 Å². The molecule has 0 saturated heterocycles. The van der Waals surface area contributed by atoms with Crippen molar-refractivity contribution in [2.24, 2.45) is 11.5 Å². The van der Waals surface area contributed by atoms with E-state index in [0.717, 1.165) is 0 Å². The summed E-state index contributed by atoms with van der Waals surface area (Å²) in [5.74, 6) is -0.296. The van der Waals surface area contributed by atoms with Gasteiger partial charge in [-0.25, -0.2) is 0 Å². The van der Waals surface area contributed by atoms with Crippen molar-refractivity contribution >= 4 is 5.91 Å². The van der Waals surface area contributed by atoms with Gasteiger partial charge in [-0.05, 0) is 6.42 Å². The fraction of sp³-hybridized carbons (Fsp3) is 0.800. The molecule has 0 bridgehead atoms. The zero-order chi connectivity index (χ0) is 7.11. The molecule has 0 aromatic heterocycles. The molecule has 0 spiro atoms. The summed E-state index contributed by atoms with van der Waals surface area (Å²) in [5.41, 5.74) is 9.86. The van der Waals surface area contributed by atoms with Crippen molar-refractivity contribution in [3.8, 4) is 0 Å². The zero-order valence-corrected chi connectivity index (χ0v) is 5.30. The average Bonchev–Trinajstić information content (AvgIpc) is 1.80. The molecule has 0 aromatic rings. The molecule has 4 N–H and O–H groups in total. The van der Waals surface area contributed by atoms with E-state index in [0.29, 0.717) is 19.4 Å². The summed E-state index contributed by atoms with van der Waals surface area (Å²) >= 11 is 0. The molecule has 4 heteroatoms. The minimum absolute atomic E-state index is 0.207. The highest BCUT2D eigenvalue weighted by Gasteiger charge is 1.91. The van der Waals surface area contributed by atoms with Crippen LogP contribution in [0.15, 0.2) is 0 Å². The number of carbonyl (C=O) groups excluding carboxylic acids is 1. The topological polar surface area (TPSA) is 78.3 Å². The third kappa shape index (κ3) is 7.39. The van der Waals surface area contributed by atoms with Crippen molar-refractivity contribution in [3.63, 3.8) is 0 Å². The molecule has 0 fully saturated rings. The van der Waals surface area contributed by atoms with Crippen LogP contribution in [0.4, 0.5) is 0 Å². The van der Waals surface area contributed by atoms with E-state index >= 15 is 0 Å². The summed E-state index contributed by atoms with van der Waals surface area (Å²) in [6.07, 6.45) is 1.03. The quantitative estimate of drug-likeness (QED) is 0.379. The minimum Gasteiger partial charge on any atom is -0.370 e. The van der Waals surface area contributed by atoms with Gasteiger partial charge in [0.1, 0.15) is 0 Å². The molecule has 0 saturated carbocycles. The van der Waals surface area contributed by atoms with Crippen LogP contribution in [0, 0.1) is 0 Å². The maximum Gasteiger partial charge on any atom is 0.217 e. The minimum atomic E-state index is -0.296. The smallest absolute Gasteiger partial charge is 0.217 e. The Bertz CT molecular complexity index is 85.0. The molecule has 0 aromatic carbocycles. The number of primary amides is 1. The van der Waals surface area contributed by atoms with E-state index in [9.17, 15) is 4.79 Å². The first-order valence-electron chi connectivity index (χ1n) is 2.83. The van der Waals surface area contributed by atoms with Crippen LogP contribution < -0.4 is 11.5 Å². The van der Waals surface area contributed by atoms with Crippen LogP contribution in [0.1, 0.15) is 12.8 Å². The molecule has 54 valence electrons. The van der Waals surface area contributed by atoms with E-state index in [1.54, 1.807) is 0 Å². The lowest BCUT2D eigenvalue weighted by atomic mass is 10.3. The Labute approximate surface area is 54.2 Å². The Morgan fingerprint density at radius 2 is 2.22 bits per heavy atom. The highest BCUT2D eigenvalue weighted by molar-refractivity contribution is 5.73. The molecule has 0 aliphatic heterocycles. The molecule has 0 radical (unpaired) electrons. The monoisotopic (exact) mass is 132 g/mol. The van der Waals surface area contributed by atoms with Gasteiger partial charge in [0.05, 0.1) is 6.73 Å². The van der Waals surface area contributed by atoms with Crippen LogP contribution in [0.5, 0.6) is 0 Å². The molecular weight excluding hydrogens is 120 g/mol. The fourth-order valence-electron chi connectivity index (χ4n) is 0.432. The number of ether oxygens (including phenoxy) is 1. The highest BCUT2D eigenvalue weighted by atomic mass is 16.5. The number of rotatable bonds is 5. The number of hydrogen-bond acceptors (Lipinski definition) is 3. The maximum atomic E-state index is 10.1. The molecule has 0 aliphatic carbocycles. The first kappa shape index (κ1) is 8.39. The average molecular weight is 132 g/mol. The van der Waals surface area contributed by atoms with Crippen molar-refractivity contribution in [3.05, 3.63) is 0 Å². The van der Waals surface area contributed by atoms with Gasteiger partial charge in [-0.1, -0.05) is 0 Å². The molecule has 9 heavy (non-hydrogen) atoms. The van der Waals surface area contributed by atoms with Crippen LogP contribution in [-0.4, -0.2) is 19.2 Å². The highest BCUT2D eigenvalue weighted by Crippen LogP contribution is 1.86. The van der Waals surface area contributed by atoms with E-state index < -0.39 is 0 Å². The summed E-state index contributed by atoms with van der Waals surface area (Å²) < 4.78 is 4.75. The van der Waals surface area contributed by atoms with Crippen molar-refractivity contribution < 1.29 is 9.53 Å². The van der Waals surface area contributed by atoms with Gasteiger partial charge in [0.25, 0.3) is 0 Å². The predicted molar refractivity (Wildman–Crippen MR) is 33.4 cm³/mol. The SMILES string of the molecule is NCOCCCC(N)=O. The zero-order valence-electron chi connectivity index (χ0n) is 5.30. The molecule has 0 unspecified atom stereocenters. The van der Waals surface area contributed by atoms with Gasteiger partial charge in [0.2, 0.25) is 5.91 Å².